The zero-order chi connectivity index (χ0) is 12.2. The van der Waals surface area contributed by atoms with Gasteiger partial charge in [0.2, 0.25) is 0 Å². The molecule has 0 aromatic carbocycles. The van der Waals surface area contributed by atoms with Crippen LogP contribution in [0.25, 0.3) is 0 Å². The average molecular weight is 232 g/mol. The van der Waals surface area contributed by atoms with E-state index in [1.807, 2.05) is 20.8 Å². The lowest BCUT2D eigenvalue weighted by molar-refractivity contribution is -0.0547. The zero-order valence-electron chi connectivity index (χ0n) is 10.1. The second-order valence-corrected chi connectivity index (χ2v) is 4.74. The van der Waals surface area contributed by atoms with Crippen molar-refractivity contribution in [3.8, 4) is 0 Å². The third kappa shape index (κ3) is 3.96. The van der Waals surface area contributed by atoms with Crippen LogP contribution < -0.4 is 5.90 Å². The fraction of sp³-hybridized carbons (Fsp3) is 0.900. The van der Waals surface area contributed by atoms with Gasteiger partial charge in [-0.05, 0) is 20.8 Å². The van der Waals surface area contributed by atoms with Gasteiger partial charge in [-0.1, -0.05) is 0 Å². The van der Waals surface area contributed by atoms with Gasteiger partial charge in [-0.25, -0.2) is 10.7 Å². The van der Waals surface area contributed by atoms with E-state index in [4.69, 9.17) is 15.4 Å². The van der Waals surface area contributed by atoms with Crippen molar-refractivity contribution in [2.24, 2.45) is 5.90 Å². The SMILES string of the molecule is CC(C)(C)OC(=O)N1CCOCC1CON. The summed E-state index contributed by atoms with van der Waals surface area (Å²) in [5.74, 6) is 5.01. The van der Waals surface area contributed by atoms with Crippen LogP contribution in [0, 0.1) is 0 Å². The highest BCUT2D eigenvalue weighted by atomic mass is 16.6. The van der Waals surface area contributed by atoms with E-state index in [0.717, 1.165) is 0 Å². The molecule has 0 spiro atoms. The van der Waals surface area contributed by atoms with Gasteiger partial charge in [0.15, 0.2) is 0 Å². The van der Waals surface area contributed by atoms with Crippen molar-refractivity contribution in [2.45, 2.75) is 32.4 Å². The molecule has 1 unspecified atom stereocenters. The summed E-state index contributed by atoms with van der Waals surface area (Å²) in [5.41, 5.74) is -0.497. The first kappa shape index (κ1) is 13.2. The van der Waals surface area contributed by atoms with E-state index in [1.165, 1.54) is 0 Å². The summed E-state index contributed by atoms with van der Waals surface area (Å²) in [6.45, 7) is 7.19. The smallest absolute Gasteiger partial charge is 0.410 e. The van der Waals surface area contributed by atoms with Crippen LogP contribution in [0.4, 0.5) is 4.79 Å². The second kappa shape index (κ2) is 5.47. The van der Waals surface area contributed by atoms with Crippen molar-refractivity contribution in [2.75, 3.05) is 26.4 Å². The predicted octanol–water partition coefficient (Wildman–Crippen LogP) is 0.513. The maximum atomic E-state index is 11.9. The molecular weight excluding hydrogens is 212 g/mol. The highest BCUT2D eigenvalue weighted by Crippen LogP contribution is 2.14. The van der Waals surface area contributed by atoms with Crippen molar-refractivity contribution in [3.05, 3.63) is 0 Å². The maximum Gasteiger partial charge on any atom is 0.410 e. The Bertz CT molecular complexity index is 237. The van der Waals surface area contributed by atoms with Crippen LogP contribution >= 0.6 is 0 Å². The molecule has 1 aliphatic heterocycles. The van der Waals surface area contributed by atoms with E-state index in [-0.39, 0.29) is 18.7 Å². The Balaban J connectivity index is 2.57. The van der Waals surface area contributed by atoms with Crippen LogP contribution in [-0.4, -0.2) is 49.0 Å². The first-order valence-corrected chi connectivity index (χ1v) is 5.33. The molecule has 2 N–H and O–H groups in total. The quantitative estimate of drug-likeness (QED) is 0.702. The summed E-state index contributed by atoms with van der Waals surface area (Å²) >= 11 is 0. The van der Waals surface area contributed by atoms with Gasteiger partial charge in [-0.2, -0.15) is 0 Å². The molecule has 1 fully saturated rings. The van der Waals surface area contributed by atoms with E-state index < -0.39 is 5.60 Å². The molecule has 1 aliphatic rings. The van der Waals surface area contributed by atoms with Gasteiger partial charge in [0, 0.05) is 6.54 Å². The normalized spacial score (nSPS) is 22.0. The first-order valence-electron chi connectivity index (χ1n) is 5.33. The van der Waals surface area contributed by atoms with E-state index in [2.05, 4.69) is 4.84 Å². The topological polar surface area (TPSA) is 74.0 Å². The molecule has 6 heteroatoms. The van der Waals surface area contributed by atoms with Gasteiger partial charge in [-0.15, -0.1) is 0 Å². The molecule has 0 radical (unpaired) electrons. The van der Waals surface area contributed by atoms with Crippen molar-refractivity contribution in [3.63, 3.8) is 0 Å². The van der Waals surface area contributed by atoms with E-state index in [0.29, 0.717) is 19.8 Å². The summed E-state index contributed by atoms with van der Waals surface area (Å²) in [4.78, 5) is 18.0. The molecule has 0 saturated carbocycles. The van der Waals surface area contributed by atoms with E-state index in [1.54, 1.807) is 4.90 Å². The van der Waals surface area contributed by atoms with E-state index in [9.17, 15) is 4.79 Å². The highest BCUT2D eigenvalue weighted by Gasteiger charge is 2.30. The molecule has 1 atom stereocenters. The van der Waals surface area contributed by atoms with Gasteiger partial charge >= 0.3 is 6.09 Å². The van der Waals surface area contributed by atoms with Crippen LogP contribution in [-0.2, 0) is 14.3 Å². The minimum Gasteiger partial charge on any atom is -0.444 e. The van der Waals surface area contributed by atoms with Crippen LogP contribution in [0.5, 0.6) is 0 Å². The Labute approximate surface area is 95.6 Å². The molecule has 94 valence electrons. The monoisotopic (exact) mass is 232 g/mol. The summed E-state index contributed by atoms with van der Waals surface area (Å²) in [5, 5.41) is 0. The van der Waals surface area contributed by atoms with Gasteiger partial charge in [0.05, 0.1) is 25.9 Å². The number of carbonyl (C=O) groups excluding carboxylic acids is 1. The largest absolute Gasteiger partial charge is 0.444 e. The Morgan fingerprint density at radius 2 is 2.25 bits per heavy atom. The standard InChI is InChI=1S/C10H20N2O4/c1-10(2,3)16-9(13)12-4-5-14-6-8(12)7-15-11/h8H,4-7,11H2,1-3H3. The number of ether oxygens (including phenoxy) is 2. The molecule has 0 aliphatic carbocycles. The highest BCUT2D eigenvalue weighted by molar-refractivity contribution is 5.68. The number of hydrogen-bond donors (Lipinski definition) is 1. The van der Waals surface area contributed by atoms with E-state index >= 15 is 0 Å². The fourth-order valence-electron chi connectivity index (χ4n) is 1.46. The average Bonchev–Trinajstić information content (AvgIpc) is 2.16. The predicted molar refractivity (Wildman–Crippen MR) is 57.7 cm³/mol. The second-order valence-electron chi connectivity index (χ2n) is 4.74. The van der Waals surface area contributed by atoms with Crippen molar-refractivity contribution in [1.82, 2.24) is 4.90 Å². The minimum absolute atomic E-state index is 0.173. The van der Waals surface area contributed by atoms with Gasteiger partial charge < -0.3 is 14.3 Å². The molecule has 6 nitrogen and oxygen atoms in total. The van der Waals surface area contributed by atoms with Gasteiger partial charge in [0.25, 0.3) is 0 Å². The van der Waals surface area contributed by atoms with Crippen molar-refractivity contribution >= 4 is 6.09 Å². The molecule has 1 rings (SSSR count). The van der Waals surface area contributed by atoms with Crippen LogP contribution in [0.3, 0.4) is 0 Å². The lowest BCUT2D eigenvalue weighted by Gasteiger charge is -2.35. The summed E-state index contributed by atoms with van der Waals surface area (Å²) in [6.07, 6.45) is -0.349. The molecule has 1 saturated heterocycles. The Morgan fingerprint density at radius 3 is 2.81 bits per heavy atom. The molecular formula is C10H20N2O4. The van der Waals surface area contributed by atoms with Crippen molar-refractivity contribution < 1.29 is 19.1 Å². The van der Waals surface area contributed by atoms with Crippen LogP contribution in [0.1, 0.15) is 20.8 Å². The Hall–Kier alpha value is -0.850. The Morgan fingerprint density at radius 1 is 1.56 bits per heavy atom. The summed E-state index contributed by atoms with van der Waals surface area (Å²) in [6, 6.07) is -0.173. The minimum atomic E-state index is -0.497. The molecule has 1 amide bonds. The molecule has 0 aromatic rings. The number of amides is 1. The zero-order valence-corrected chi connectivity index (χ0v) is 10.1. The molecule has 1 heterocycles. The molecule has 0 bridgehead atoms. The number of carbonyl (C=O) groups is 1. The molecule has 16 heavy (non-hydrogen) atoms. The number of nitrogens with zero attached hydrogens (tertiary/aromatic N) is 1. The van der Waals surface area contributed by atoms with Crippen LogP contribution in [0.2, 0.25) is 0 Å². The molecule has 0 aromatic heterocycles. The third-order valence-electron chi connectivity index (χ3n) is 2.14. The summed E-state index contributed by atoms with van der Waals surface area (Å²) in [7, 11) is 0. The van der Waals surface area contributed by atoms with Gasteiger partial charge in [-0.3, -0.25) is 4.90 Å². The number of rotatable bonds is 2. The van der Waals surface area contributed by atoms with Gasteiger partial charge in [0.1, 0.15) is 5.60 Å². The number of nitrogens with two attached hydrogens (primary N) is 1. The number of hydrogen-bond acceptors (Lipinski definition) is 5. The fourth-order valence-corrected chi connectivity index (χ4v) is 1.46. The summed E-state index contributed by atoms with van der Waals surface area (Å²) < 4.78 is 10.5. The first-order chi connectivity index (χ1) is 7.44. The lowest BCUT2D eigenvalue weighted by atomic mass is 10.2. The Kier molecular flexibility index (Phi) is 4.52. The lowest BCUT2D eigenvalue weighted by Crippen LogP contribution is -2.52. The van der Waals surface area contributed by atoms with Crippen molar-refractivity contribution in [1.29, 1.82) is 0 Å². The van der Waals surface area contributed by atoms with Crippen LogP contribution in [0.15, 0.2) is 0 Å². The maximum absolute atomic E-state index is 11.9. The third-order valence-corrected chi connectivity index (χ3v) is 2.14. The number of morpholine rings is 1.